The molecular formula is C10H22N4. The third-order valence-corrected chi connectivity index (χ3v) is 2.90. The quantitative estimate of drug-likeness (QED) is 0.276. The second kappa shape index (κ2) is 4.64. The maximum absolute atomic E-state index is 5.42. The van der Waals surface area contributed by atoms with Gasteiger partial charge in [0.2, 0.25) is 5.96 Å². The fraction of sp³-hybridized carbons (Fsp3) is 0.900. The minimum Gasteiger partial charge on any atom is -0.350 e. The van der Waals surface area contributed by atoms with Crippen LogP contribution in [0, 0.1) is 0 Å². The summed E-state index contributed by atoms with van der Waals surface area (Å²) in [5, 5.41) is 3.41. The van der Waals surface area contributed by atoms with Crippen LogP contribution >= 0.6 is 0 Å². The molecule has 14 heavy (non-hydrogen) atoms. The highest BCUT2D eigenvalue weighted by Crippen LogP contribution is 2.34. The van der Waals surface area contributed by atoms with Gasteiger partial charge in [-0.15, -0.1) is 0 Å². The van der Waals surface area contributed by atoms with Crippen LogP contribution in [0.2, 0.25) is 0 Å². The Kier molecular flexibility index (Phi) is 3.75. The summed E-state index contributed by atoms with van der Waals surface area (Å²) in [5.41, 5.74) is 2.88. The van der Waals surface area contributed by atoms with Gasteiger partial charge in [-0.25, -0.2) is 10.8 Å². The normalized spacial score (nSPS) is 20.5. The molecular weight excluding hydrogens is 176 g/mol. The van der Waals surface area contributed by atoms with E-state index in [0.29, 0.717) is 0 Å². The van der Waals surface area contributed by atoms with E-state index in [9.17, 15) is 0 Å². The highest BCUT2D eigenvalue weighted by molar-refractivity contribution is 5.80. The van der Waals surface area contributed by atoms with Gasteiger partial charge in [0.15, 0.2) is 0 Å². The number of nitrogens with two attached hydrogens (primary N) is 1. The van der Waals surface area contributed by atoms with Gasteiger partial charge in [0, 0.05) is 11.6 Å². The molecule has 82 valence electrons. The molecule has 0 saturated heterocycles. The van der Waals surface area contributed by atoms with Gasteiger partial charge in [-0.05, 0) is 39.5 Å². The third-order valence-electron chi connectivity index (χ3n) is 2.90. The van der Waals surface area contributed by atoms with E-state index in [1.807, 2.05) is 13.8 Å². The van der Waals surface area contributed by atoms with Crippen molar-refractivity contribution in [3.8, 4) is 0 Å². The first-order chi connectivity index (χ1) is 6.62. The van der Waals surface area contributed by atoms with Gasteiger partial charge in [-0.1, -0.05) is 6.92 Å². The molecule has 4 nitrogen and oxygen atoms in total. The van der Waals surface area contributed by atoms with Crippen molar-refractivity contribution in [1.82, 2.24) is 10.7 Å². The second-order valence-electron chi connectivity index (χ2n) is 4.33. The lowest BCUT2D eigenvalue weighted by atomic mass is 9.75. The van der Waals surface area contributed by atoms with Crippen molar-refractivity contribution >= 4 is 5.96 Å². The highest BCUT2D eigenvalue weighted by atomic mass is 15.3. The van der Waals surface area contributed by atoms with Crippen LogP contribution in [0.4, 0.5) is 0 Å². The van der Waals surface area contributed by atoms with Crippen LogP contribution in [0.15, 0.2) is 4.99 Å². The molecule has 1 rings (SSSR count). The highest BCUT2D eigenvalue weighted by Gasteiger charge is 2.35. The monoisotopic (exact) mass is 198 g/mol. The molecule has 4 heteroatoms. The molecule has 0 spiro atoms. The molecule has 1 saturated carbocycles. The molecule has 0 amide bonds. The summed E-state index contributed by atoms with van der Waals surface area (Å²) < 4.78 is 0. The number of nitrogens with one attached hydrogen (secondary N) is 2. The van der Waals surface area contributed by atoms with Crippen LogP contribution in [-0.4, -0.2) is 17.5 Å². The predicted octanol–water partition coefficient (Wildman–Crippen LogP) is 1.14. The lowest BCUT2D eigenvalue weighted by Gasteiger charge is -2.42. The Bertz CT molecular complexity index is 201. The maximum atomic E-state index is 5.42. The minimum atomic E-state index is 0.250. The molecule has 1 aliphatic carbocycles. The van der Waals surface area contributed by atoms with Crippen LogP contribution in [0.3, 0.4) is 0 Å². The van der Waals surface area contributed by atoms with E-state index in [0.717, 1.165) is 12.4 Å². The number of hydrogen-bond acceptors (Lipinski definition) is 2. The van der Waals surface area contributed by atoms with E-state index in [4.69, 9.17) is 5.84 Å². The summed E-state index contributed by atoms with van der Waals surface area (Å²) in [5.74, 6) is 6.14. The topological polar surface area (TPSA) is 62.4 Å². The lowest BCUT2D eigenvalue weighted by molar-refractivity contribution is 0.207. The van der Waals surface area contributed by atoms with Crippen molar-refractivity contribution in [3.05, 3.63) is 0 Å². The summed E-state index contributed by atoms with van der Waals surface area (Å²) in [6.45, 7) is 6.28. The van der Waals surface area contributed by atoms with E-state index in [1.54, 1.807) is 0 Å². The largest absolute Gasteiger partial charge is 0.350 e. The number of hydrogen-bond donors (Lipinski definition) is 3. The Labute approximate surface area is 86.3 Å². The third kappa shape index (κ3) is 2.61. The smallest absolute Gasteiger partial charge is 0.206 e. The van der Waals surface area contributed by atoms with Crippen LogP contribution in [0.1, 0.15) is 46.5 Å². The van der Waals surface area contributed by atoms with E-state index in [1.165, 1.54) is 19.3 Å². The molecule has 0 unspecified atom stereocenters. The van der Waals surface area contributed by atoms with Crippen molar-refractivity contribution < 1.29 is 0 Å². The Hall–Kier alpha value is -0.770. The number of hydrazine groups is 1. The molecule has 1 aliphatic rings. The van der Waals surface area contributed by atoms with Gasteiger partial charge in [-0.2, -0.15) is 0 Å². The number of nitrogens with zero attached hydrogens (tertiary/aromatic N) is 1. The van der Waals surface area contributed by atoms with Gasteiger partial charge in [0.1, 0.15) is 0 Å². The summed E-state index contributed by atoms with van der Waals surface area (Å²) >= 11 is 0. The zero-order valence-electron chi connectivity index (χ0n) is 9.43. The first-order valence-corrected chi connectivity index (χ1v) is 5.44. The molecule has 0 aromatic carbocycles. The average Bonchev–Trinajstić information content (AvgIpc) is 2.08. The zero-order valence-corrected chi connectivity index (χ0v) is 9.43. The predicted molar refractivity (Wildman–Crippen MR) is 59.9 cm³/mol. The summed E-state index contributed by atoms with van der Waals surface area (Å²) in [6.07, 6.45) is 4.89. The van der Waals surface area contributed by atoms with E-state index < -0.39 is 0 Å². The molecule has 0 bridgehead atoms. The van der Waals surface area contributed by atoms with Crippen molar-refractivity contribution in [1.29, 1.82) is 0 Å². The molecule has 4 N–H and O–H groups in total. The van der Waals surface area contributed by atoms with Crippen molar-refractivity contribution in [3.63, 3.8) is 0 Å². The average molecular weight is 198 g/mol. The van der Waals surface area contributed by atoms with Crippen LogP contribution < -0.4 is 16.6 Å². The Morgan fingerprint density at radius 1 is 1.50 bits per heavy atom. The first kappa shape index (κ1) is 11.3. The molecule has 0 aromatic rings. The maximum Gasteiger partial charge on any atom is 0.206 e. The fourth-order valence-electron chi connectivity index (χ4n) is 1.79. The SMILES string of the molecule is CCC1(NC(=NC(C)C)NN)CCC1. The van der Waals surface area contributed by atoms with Crippen LogP contribution in [0.25, 0.3) is 0 Å². The molecule has 0 heterocycles. The van der Waals surface area contributed by atoms with Gasteiger partial charge < -0.3 is 5.32 Å². The van der Waals surface area contributed by atoms with E-state index in [2.05, 4.69) is 22.7 Å². The zero-order chi connectivity index (χ0) is 10.6. The standard InChI is InChI=1S/C10H22N4/c1-4-10(6-5-7-10)13-9(14-11)12-8(2)3/h8H,4-7,11H2,1-3H3,(H2,12,13,14). The summed E-state index contributed by atoms with van der Waals surface area (Å²) in [7, 11) is 0. The molecule has 0 aromatic heterocycles. The second-order valence-corrected chi connectivity index (χ2v) is 4.33. The van der Waals surface area contributed by atoms with Gasteiger partial charge >= 0.3 is 0 Å². The van der Waals surface area contributed by atoms with E-state index in [-0.39, 0.29) is 11.6 Å². The minimum absolute atomic E-state index is 0.250. The molecule has 0 radical (unpaired) electrons. The Morgan fingerprint density at radius 3 is 2.43 bits per heavy atom. The number of guanidine groups is 1. The molecule has 1 fully saturated rings. The lowest BCUT2D eigenvalue weighted by Crippen LogP contribution is -2.57. The first-order valence-electron chi connectivity index (χ1n) is 5.44. The van der Waals surface area contributed by atoms with Crippen molar-refractivity contribution in [2.45, 2.75) is 58.0 Å². The number of rotatable bonds is 3. The van der Waals surface area contributed by atoms with Gasteiger partial charge in [-0.3, -0.25) is 5.43 Å². The van der Waals surface area contributed by atoms with Crippen LogP contribution in [-0.2, 0) is 0 Å². The Morgan fingerprint density at radius 2 is 2.14 bits per heavy atom. The van der Waals surface area contributed by atoms with E-state index >= 15 is 0 Å². The Balaban J connectivity index is 2.55. The fourth-order valence-corrected chi connectivity index (χ4v) is 1.79. The van der Waals surface area contributed by atoms with Crippen molar-refractivity contribution in [2.24, 2.45) is 10.8 Å². The van der Waals surface area contributed by atoms with Gasteiger partial charge in [0.25, 0.3) is 0 Å². The summed E-state index contributed by atoms with van der Waals surface area (Å²) in [6, 6.07) is 0.266. The molecule has 0 atom stereocenters. The van der Waals surface area contributed by atoms with Crippen LogP contribution in [0.5, 0.6) is 0 Å². The molecule has 0 aliphatic heterocycles. The van der Waals surface area contributed by atoms with Gasteiger partial charge in [0.05, 0.1) is 0 Å². The summed E-state index contributed by atoms with van der Waals surface area (Å²) in [4.78, 5) is 4.38. The van der Waals surface area contributed by atoms with Crippen molar-refractivity contribution in [2.75, 3.05) is 0 Å². The number of aliphatic imine (C=N–C) groups is 1.